The van der Waals surface area contributed by atoms with Gasteiger partial charge in [-0.3, -0.25) is 9.79 Å². The SMILES string of the molecule is N#Cc1ccc(S(=O)(=O)N2CCC(CC(=O)O)C(CC3=NCCc4ccccc43)C2)cc1. The van der Waals surface area contributed by atoms with Crippen LogP contribution in [0.25, 0.3) is 0 Å². The van der Waals surface area contributed by atoms with Crippen LogP contribution in [0.4, 0.5) is 0 Å². The van der Waals surface area contributed by atoms with Crippen molar-refractivity contribution in [3.63, 3.8) is 0 Å². The maximum absolute atomic E-state index is 13.2. The highest BCUT2D eigenvalue weighted by Gasteiger charge is 2.37. The Morgan fingerprint density at radius 2 is 1.91 bits per heavy atom. The van der Waals surface area contributed by atoms with Crippen molar-refractivity contribution in [3.05, 3.63) is 65.2 Å². The number of carbonyl (C=O) groups is 1. The zero-order valence-corrected chi connectivity index (χ0v) is 18.5. The molecule has 0 radical (unpaired) electrons. The van der Waals surface area contributed by atoms with Crippen LogP contribution >= 0.6 is 0 Å². The number of aliphatic imine (C=N–C) groups is 1. The summed E-state index contributed by atoms with van der Waals surface area (Å²) >= 11 is 0. The molecule has 2 aliphatic rings. The third-order valence-electron chi connectivity index (χ3n) is 6.38. The summed E-state index contributed by atoms with van der Waals surface area (Å²) in [6.45, 7) is 1.22. The van der Waals surface area contributed by atoms with Crippen molar-refractivity contribution in [1.82, 2.24) is 4.31 Å². The van der Waals surface area contributed by atoms with Crippen LogP contribution in [0.2, 0.25) is 0 Å². The monoisotopic (exact) mass is 451 g/mol. The first-order chi connectivity index (χ1) is 15.4. The predicted molar refractivity (Wildman–Crippen MR) is 120 cm³/mol. The van der Waals surface area contributed by atoms with E-state index in [4.69, 9.17) is 10.3 Å². The summed E-state index contributed by atoms with van der Waals surface area (Å²) in [5.74, 6) is -1.12. The van der Waals surface area contributed by atoms with Gasteiger partial charge in [0.2, 0.25) is 10.0 Å². The van der Waals surface area contributed by atoms with Crippen LogP contribution in [-0.4, -0.2) is 49.1 Å². The lowest BCUT2D eigenvalue weighted by Gasteiger charge is -2.38. The number of benzene rings is 2. The fourth-order valence-corrected chi connectivity index (χ4v) is 6.19. The third kappa shape index (κ3) is 4.59. The zero-order chi connectivity index (χ0) is 22.7. The van der Waals surface area contributed by atoms with Gasteiger partial charge in [-0.2, -0.15) is 9.57 Å². The summed E-state index contributed by atoms with van der Waals surface area (Å²) in [6.07, 6.45) is 1.93. The van der Waals surface area contributed by atoms with E-state index in [-0.39, 0.29) is 36.2 Å². The number of carboxylic acid groups (broad SMARTS) is 1. The predicted octanol–water partition coefficient (Wildman–Crippen LogP) is 3.10. The first kappa shape index (κ1) is 22.2. The molecule has 166 valence electrons. The van der Waals surface area contributed by atoms with E-state index in [1.165, 1.54) is 34.1 Å². The first-order valence-corrected chi connectivity index (χ1v) is 12.2. The Bertz CT molecular complexity index is 1180. The van der Waals surface area contributed by atoms with Crippen molar-refractivity contribution in [2.24, 2.45) is 16.8 Å². The summed E-state index contributed by atoms with van der Waals surface area (Å²) in [6, 6.07) is 16.0. The van der Waals surface area contributed by atoms with Gasteiger partial charge in [0.25, 0.3) is 0 Å². The minimum atomic E-state index is -3.74. The zero-order valence-electron chi connectivity index (χ0n) is 17.6. The number of sulfonamides is 1. The quantitative estimate of drug-likeness (QED) is 0.726. The Labute approximate surface area is 188 Å². The van der Waals surface area contributed by atoms with Crippen LogP contribution in [0.3, 0.4) is 0 Å². The Hall–Kier alpha value is -3.02. The average molecular weight is 452 g/mol. The second kappa shape index (κ2) is 9.23. The smallest absolute Gasteiger partial charge is 0.303 e. The molecule has 7 nitrogen and oxygen atoms in total. The molecule has 2 aromatic rings. The van der Waals surface area contributed by atoms with E-state index in [1.54, 1.807) is 0 Å². The number of carboxylic acids is 1. The molecule has 1 saturated heterocycles. The molecule has 8 heteroatoms. The lowest BCUT2D eigenvalue weighted by atomic mass is 9.79. The Morgan fingerprint density at radius 3 is 2.62 bits per heavy atom. The molecule has 0 bridgehead atoms. The van der Waals surface area contributed by atoms with Crippen LogP contribution in [-0.2, 0) is 21.2 Å². The first-order valence-electron chi connectivity index (χ1n) is 10.7. The van der Waals surface area contributed by atoms with Gasteiger partial charge in [-0.25, -0.2) is 8.42 Å². The number of nitriles is 1. The van der Waals surface area contributed by atoms with Gasteiger partial charge in [0.15, 0.2) is 0 Å². The maximum Gasteiger partial charge on any atom is 0.303 e. The fourth-order valence-electron chi connectivity index (χ4n) is 4.68. The lowest BCUT2D eigenvalue weighted by Crippen LogP contribution is -2.45. The van der Waals surface area contributed by atoms with E-state index in [0.29, 0.717) is 24.9 Å². The highest BCUT2D eigenvalue weighted by Crippen LogP contribution is 2.34. The van der Waals surface area contributed by atoms with Crippen molar-refractivity contribution >= 4 is 21.7 Å². The van der Waals surface area contributed by atoms with Crippen LogP contribution in [0.1, 0.15) is 36.0 Å². The van der Waals surface area contributed by atoms with Crippen LogP contribution in [0.5, 0.6) is 0 Å². The topological polar surface area (TPSA) is 111 Å². The fraction of sp³-hybridized carbons (Fsp3) is 0.375. The standard InChI is InChI=1S/C24H25N3O4S/c25-15-17-5-7-21(8-6-17)32(30,31)27-12-10-19(14-24(28)29)20(16-27)13-23-22-4-2-1-3-18(22)9-11-26-23/h1-8,19-20H,9-14,16H2,(H,28,29). The molecule has 4 rings (SSSR count). The molecular weight excluding hydrogens is 426 g/mol. The number of hydrogen-bond donors (Lipinski definition) is 1. The summed E-state index contributed by atoms with van der Waals surface area (Å²) < 4.78 is 27.9. The number of nitrogens with zero attached hydrogens (tertiary/aromatic N) is 3. The molecule has 1 N–H and O–H groups in total. The minimum Gasteiger partial charge on any atom is -0.481 e. The van der Waals surface area contributed by atoms with E-state index in [2.05, 4.69) is 6.07 Å². The Kier molecular flexibility index (Phi) is 6.40. The molecule has 2 unspecified atom stereocenters. The molecule has 0 aromatic heterocycles. The van der Waals surface area contributed by atoms with Crippen LogP contribution in [0, 0.1) is 23.2 Å². The van der Waals surface area contributed by atoms with E-state index in [1.807, 2.05) is 24.3 Å². The number of hydrogen-bond acceptors (Lipinski definition) is 5. The number of piperidine rings is 1. The third-order valence-corrected chi connectivity index (χ3v) is 8.26. The molecule has 1 fully saturated rings. The second-order valence-corrected chi connectivity index (χ2v) is 10.3. The summed E-state index contributed by atoms with van der Waals surface area (Å²) in [4.78, 5) is 16.3. The van der Waals surface area contributed by atoms with Crippen molar-refractivity contribution in [1.29, 1.82) is 5.26 Å². The molecule has 0 aliphatic carbocycles. The molecule has 0 saturated carbocycles. The van der Waals surface area contributed by atoms with Gasteiger partial charge in [0.1, 0.15) is 0 Å². The molecule has 2 aliphatic heterocycles. The summed E-state index contributed by atoms with van der Waals surface area (Å²) in [5.41, 5.74) is 3.64. The van der Waals surface area contributed by atoms with Crippen molar-refractivity contribution in [2.45, 2.75) is 30.6 Å². The largest absolute Gasteiger partial charge is 0.481 e. The normalized spacial score (nSPS) is 21.3. The van der Waals surface area contributed by atoms with E-state index in [9.17, 15) is 18.3 Å². The number of fused-ring (bicyclic) bond motifs is 1. The molecule has 0 spiro atoms. The van der Waals surface area contributed by atoms with E-state index >= 15 is 0 Å². The highest BCUT2D eigenvalue weighted by molar-refractivity contribution is 7.89. The second-order valence-electron chi connectivity index (χ2n) is 8.35. The molecule has 32 heavy (non-hydrogen) atoms. The minimum absolute atomic E-state index is 0.0182. The molecule has 2 heterocycles. The molecule has 2 atom stereocenters. The van der Waals surface area contributed by atoms with Gasteiger partial charge in [0, 0.05) is 31.8 Å². The van der Waals surface area contributed by atoms with Gasteiger partial charge in [0.05, 0.1) is 16.5 Å². The number of rotatable bonds is 6. The van der Waals surface area contributed by atoms with Gasteiger partial charge >= 0.3 is 5.97 Å². The summed E-state index contributed by atoms with van der Waals surface area (Å²) in [7, 11) is -3.74. The average Bonchev–Trinajstić information content (AvgIpc) is 2.80. The lowest BCUT2D eigenvalue weighted by molar-refractivity contribution is -0.138. The maximum atomic E-state index is 13.2. The Morgan fingerprint density at radius 1 is 1.16 bits per heavy atom. The highest BCUT2D eigenvalue weighted by atomic mass is 32.2. The van der Waals surface area contributed by atoms with Crippen LogP contribution < -0.4 is 0 Å². The van der Waals surface area contributed by atoms with Crippen LogP contribution in [0.15, 0.2) is 58.4 Å². The summed E-state index contributed by atoms with van der Waals surface area (Å²) in [5, 5.41) is 18.4. The van der Waals surface area contributed by atoms with Crippen molar-refractivity contribution < 1.29 is 18.3 Å². The van der Waals surface area contributed by atoms with E-state index in [0.717, 1.165) is 17.7 Å². The Balaban J connectivity index is 1.59. The van der Waals surface area contributed by atoms with Crippen molar-refractivity contribution in [3.8, 4) is 6.07 Å². The van der Waals surface area contributed by atoms with Gasteiger partial charge in [-0.05, 0) is 66.5 Å². The van der Waals surface area contributed by atoms with Crippen molar-refractivity contribution in [2.75, 3.05) is 19.6 Å². The van der Waals surface area contributed by atoms with Gasteiger partial charge in [-0.15, -0.1) is 0 Å². The van der Waals surface area contributed by atoms with Gasteiger partial charge in [-0.1, -0.05) is 24.3 Å². The molecule has 0 amide bonds. The molecule has 2 aromatic carbocycles. The molecular formula is C24H25N3O4S. The van der Waals surface area contributed by atoms with Gasteiger partial charge < -0.3 is 5.11 Å². The van der Waals surface area contributed by atoms with E-state index < -0.39 is 16.0 Å². The number of aliphatic carboxylic acids is 1.